The van der Waals surface area contributed by atoms with Gasteiger partial charge in [0.2, 0.25) is 0 Å². The molecular weight excluding hydrogens is 412 g/mol. The van der Waals surface area contributed by atoms with Crippen molar-refractivity contribution in [3.05, 3.63) is 66.3 Å². The SMILES string of the molecule is O=C(NC1=CCCC=C1)NC12CCC(C(=O)CC3c4ccccc4-c4cncn43)(CC1)CC2.[HH].[HH]. The third-order valence-corrected chi connectivity index (χ3v) is 8.45. The van der Waals surface area contributed by atoms with Crippen molar-refractivity contribution in [1.29, 1.82) is 0 Å². The molecule has 174 valence electrons. The molecule has 4 aliphatic carbocycles. The number of Topliss-reactive ketones (excluding diaryl/α,β-unsaturated/α-hetero) is 1. The van der Waals surface area contributed by atoms with Crippen molar-refractivity contribution in [3.8, 4) is 11.3 Å². The van der Waals surface area contributed by atoms with E-state index < -0.39 is 0 Å². The third kappa shape index (κ3) is 3.43. The molecule has 2 aromatic rings. The fourth-order valence-electron chi connectivity index (χ4n) is 6.43. The van der Waals surface area contributed by atoms with Gasteiger partial charge in [0.25, 0.3) is 0 Å². The van der Waals surface area contributed by atoms with Crippen LogP contribution in [-0.4, -0.2) is 26.9 Å². The maximum absolute atomic E-state index is 13.7. The summed E-state index contributed by atoms with van der Waals surface area (Å²) in [4.78, 5) is 30.7. The molecule has 5 aliphatic rings. The maximum Gasteiger partial charge on any atom is 0.319 e. The molecular formula is C27H34N4O2. The highest BCUT2D eigenvalue weighted by molar-refractivity contribution is 5.87. The Kier molecular flexibility index (Phi) is 4.78. The van der Waals surface area contributed by atoms with Crippen LogP contribution in [0, 0.1) is 5.41 Å². The van der Waals surface area contributed by atoms with Crippen molar-refractivity contribution in [2.75, 3.05) is 0 Å². The largest absolute Gasteiger partial charge is 0.332 e. The fourth-order valence-corrected chi connectivity index (χ4v) is 6.43. The Morgan fingerprint density at radius 2 is 1.88 bits per heavy atom. The monoisotopic (exact) mass is 446 g/mol. The van der Waals surface area contributed by atoms with Crippen LogP contribution in [0.2, 0.25) is 0 Å². The van der Waals surface area contributed by atoms with Crippen LogP contribution in [0.1, 0.15) is 72.2 Å². The Morgan fingerprint density at radius 3 is 2.64 bits per heavy atom. The molecule has 1 aliphatic heterocycles. The van der Waals surface area contributed by atoms with Crippen LogP contribution >= 0.6 is 0 Å². The van der Waals surface area contributed by atoms with Crippen molar-refractivity contribution in [2.45, 2.75) is 69.4 Å². The lowest BCUT2D eigenvalue weighted by molar-refractivity contribution is -0.136. The Hall–Kier alpha value is -3.15. The van der Waals surface area contributed by atoms with Crippen LogP contribution in [0.15, 0.2) is 60.7 Å². The molecule has 0 saturated heterocycles. The smallest absolute Gasteiger partial charge is 0.319 e. The van der Waals surface area contributed by atoms with Gasteiger partial charge in [0.15, 0.2) is 0 Å². The highest BCUT2D eigenvalue weighted by atomic mass is 16.2. The van der Waals surface area contributed by atoms with Crippen molar-refractivity contribution in [3.63, 3.8) is 0 Å². The second-order valence-electron chi connectivity index (χ2n) is 10.2. The van der Waals surface area contributed by atoms with Gasteiger partial charge < -0.3 is 15.2 Å². The average Bonchev–Trinajstić information content (AvgIpc) is 3.43. The van der Waals surface area contributed by atoms with Gasteiger partial charge in [-0.25, -0.2) is 9.78 Å². The molecule has 7 rings (SSSR count). The first-order valence-corrected chi connectivity index (χ1v) is 12.2. The van der Waals surface area contributed by atoms with E-state index in [2.05, 4.69) is 50.5 Å². The van der Waals surface area contributed by atoms with Crippen molar-refractivity contribution in [2.24, 2.45) is 5.41 Å². The summed E-state index contributed by atoms with van der Waals surface area (Å²) in [6.45, 7) is 0. The van der Waals surface area contributed by atoms with Crippen molar-refractivity contribution in [1.82, 2.24) is 20.2 Å². The molecule has 1 unspecified atom stereocenters. The van der Waals surface area contributed by atoms with Gasteiger partial charge in [-0.1, -0.05) is 36.4 Å². The van der Waals surface area contributed by atoms with Crippen LogP contribution in [0.4, 0.5) is 4.79 Å². The summed E-state index contributed by atoms with van der Waals surface area (Å²) in [6, 6.07) is 8.28. The molecule has 0 radical (unpaired) electrons. The minimum atomic E-state index is -0.243. The summed E-state index contributed by atoms with van der Waals surface area (Å²) >= 11 is 0. The predicted octanol–water partition coefficient (Wildman–Crippen LogP) is 5.53. The normalized spacial score (nSPS) is 29.2. The topological polar surface area (TPSA) is 76.0 Å². The zero-order valence-corrected chi connectivity index (χ0v) is 18.8. The molecule has 1 aromatic carbocycles. The number of urea groups is 1. The first-order chi connectivity index (χ1) is 16.1. The number of ketones is 1. The van der Waals surface area contributed by atoms with Gasteiger partial charge in [-0.3, -0.25) is 4.79 Å². The fraction of sp³-hybridized carbons (Fsp3) is 0.444. The second kappa shape index (κ2) is 7.72. The quantitative estimate of drug-likeness (QED) is 0.634. The van der Waals surface area contributed by atoms with E-state index in [9.17, 15) is 9.59 Å². The van der Waals surface area contributed by atoms with Gasteiger partial charge in [0.05, 0.1) is 24.3 Å². The van der Waals surface area contributed by atoms with E-state index in [1.54, 1.807) is 0 Å². The summed E-state index contributed by atoms with van der Waals surface area (Å²) in [7, 11) is 0. The Bertz CT molecular complexity index is 1160. The van der Waals surface area contributed by atoms with Gasteiger partial charge in [0, 0.05) is 31.5 Å². The van der Waals surface area contributed by atoms with E-state index >= 15 is 0 Å². The molecule has 2 N–H and O–H groups in total. The minimum absolute atomic E-state index is 0. The van der Waals surface area contributed by atoms with Gasteiger partial charge in [0.1, 0.15) is 5.78 Å². The number of fused-ring (bicyclic) bond motifs is 6. The third-order valence-electron chi connectivity index (χ3n) is 8.45. The lowest BCUT2D eigenvalue weighted by Gasteiger charge is -2.53. The number of nitrogens with one attached hydrogen (secondary N) is 2. The van der Waals surface area contributed by atoms with Crippen LogP contribution in [0.5, 0.6) is 0 Å². The molecule has 2 amide bonds. The Labute approximate surface area is 197 Å². The van der Waals surface area contributed by atoms with E-state index in [1.807, 2.05) is 24.7 Å². The number of aromatic nitrogens is 2. The van der Waals surface area contributed by atoms with Crippen LogP contribution < -0.4 is 10.6 Å². The number of carbonyl (C=O) groups excluding carboxylic acids is 2. The minimum Gasteiger partial charge on any atom is -0.332 e. The number of rotatable bonds is 5. The van der Waals surface area contributed by atoms with Gasteiger partial charge in [-0.2, -0.15) is 0 Å². The maximum atomic E-state index is 13.7. The molecule has 1 aromatic heterocycles. The number of benzene rings is 1. The average molecular weight is 447 g/mol. The Morgan fingerprint density at radius 1 is 1.09 bits per heavy atom. The van der Waals surface area contributed by atoms with Crippen LogP contribution in [0.25, 0.3) is 11.3 Å². The van der Waals surface area contributed by atoms with E-state index in [1.165, 1.54) is 11.1 Å². The molecule has 33 heavy (non-hydrogen) atoms. The van der Waals surface area contributed by atoms with Crippen molar-refractivity contribution >= 4 is 11.8 Å². The lowest BCUT2D eigenvalue weighted by atomic mass is 9.55. The number of hydrogen-bond acceptors (Lipinski definition) is 3. The zero-order valence-electron chi connectivity index (χ0n) is 18.8. The first-order valence-electron chi connectivity index (χ1n) is 12.2. The molecule has 3 saturated carbocycles. The highest BCUT2D eigenvalue weighted by Gasteiger charge is 2.53. The van der Waals surface area contributed by atoms with Gasteiger partial charge in [-0.15, -0.1) is 0 Å². The summed E-state index contributed by atoms with van der Waals surface area (Å²) in [5.41, 5.74) is 3.97. The van der Waals surface area contributed by atoms with E-state index in [-0.39, 0.29) is 25.9 Å². The number of carbonyl (C=O) groups is 2. The second-order valence-corrected chi connectivity index (χ2v) is 10.2. The number of allylic oxidation sites excluding steroid dienone is 3. The molecule has 1 atom stereocenters. The predicted molar refractivity (Wildman–Crippen MR) is 131 cm³/mol. The first kappa shape index (κ1) is 20.5. The summed E-state index contributed by atoms with van der Waals surface area (Å²) in [5.74, 6) is 0.374. The highest BCUT2D eigenvalue weighted by Crippen LogP contribution is 2.54. The van der Waals surface area contributed by atoms with E-state index in [0.29, 0.717) is 12.2 Å². The van der Waals surface area contributed by atoms with E-state index in [0.717, 1.165) is 62.8 Å². The number of hydrogen-bond donors (Lipinski definition) is 2. The lowest BCUT2D eigenvalue weighted by Crippen LogP contribution is -2.59. The number of amides is 2. The number of imidazole rings is 1. The molecule has 3 fully saturated rings. The summed E-state index contributed by atoms with van der Waals surface area (Å²) in [5, 5.41) is 6.26. The summed E-state index contributed by atoms with van der Waals surface area (Å²) in [6.07, 6.45) is 17.6. The molecule has 0 spiro atoms. The Balaban J connectivity index is 0.00000144. The van der Waals surface area contributed by atoms with Gasteiger partial charge >= 0.3 is 6.03 Å². The molecule has 6 nitrogen and oxygen atoms in total. The molecule has 6 heteroatoms. The zero-order chi connectivity index (χ0) is 22.5. The standard InChI is InChI=1S/C27H30N4O2.2H2/c32-24(16-22-20-8-4-5-9-21(20)23-17-28-18-31(22)23)26-10-13-27(14-11-26,15-12-26)30-25(33)29-19-6-2-1-3-7-19;;/h2,4-9,17-18,22H,1,3,10-16H2,(H2,29,30,33);2*1H. The van der Waals surface area contributed by atoms with Crippen LogP contribution in [0.3, 0.4) is 0 Å². The molecule has 2 bridgehead atoms. The van der Waals surface area contributed by atoms with Crippen molar-refractivity contribution < 1.29 is 12.4 Å². The van der Waals surface area contributed by atoms with Crippen LogP contribution in [-0.2, 0) is 4.79 Å². The molecule has 2 heterocycles. The summed E-state index contributed by atoms with van der Waals surface area (Å²) < 4.78 is 2.16. The van der Waals surface area contributed by atoms with E-state index in [4.69, 9.17) is 0 Å². The van der Waals surface area contributed by atoms with Gasteiger partial charge in [-0.05, 0) is 63.0 Å². The number of nitrogens with zero attached hydrogens (tertiary/aromatic N) is 2.